The van der Waals surface area contributed by atoms with Crippen LogP contribution in [0.15, 0.2) is 42.5 Å². The Hall–Kier alpha value is -2.41. The van der Waals surface area contributed by atoms with Crippen molar-refractivity contribution in [1.29, 1.82) is 0 Å². The Balaban J connectivity index is 2.29. The smallest absolute Gasteiger partial charge is 0.490 e. The molecule has 0 spiro atoms. The zero-order valence-electron chi connectivity index (χ0n) is 13.4. The molecule has 24 heavy (non-hydrogen) atoms. The highest BCUT2D eigenvalue weighted by atomic mass is 19.4. The number of hydrogen-bond acceptors (Lipinski definition) is 4. The molecule has 4 nitrogen and oxygen atoms in total. The number of likely N-dealkylation sites (N-methyl/N-ethyl adjacent to an activating group) is 1. The van der Waals surface area contributed by atoms with Crippen LogP contribution in [0.4, 0.5) is 18.9 Å². The Morgan fingerprint density at radius 2 is 1.75 bits per heavy atom. The molecule has 0 aliphatic heterocycles. The van der Waals surface area contributed by atoms with Crippen molar-refractivity contribution in [3.63, 3.8) is 0 Å². The molecule has 0 heterocycles. The summed E-state index contributed by atoms with van der Waals surface area (Å²) in [6, 6.07) is 10.8. The summed E-state index contributed by atoms with van der Waals surface area (Å²) in [5, 5.41) is 0. The quantitative estimate of drug-likeness (QED) is 0.813. The fourth-order valence-corrected chi connectivity index (χ4v) is 2.08. The van der Waals surface area contributed by atoms with Crippen LogP contribution >= 0.6 is 0 Å². The lowest BCUT2D eigenvalue weighted by molar-refractivity contribution is -0.274. The van der Waals surface area contributed by atoms with Crippen molar-refractivity contribution in [3.05, 3.63) is 42.5 Å². The lowest BCUT2D eigenvalue weighted by atomic mass is 10.0. The Morgan fingerprint density at radius 3 is 2.42 bits per heavy atom. The summed E-state index contributed by atoms with van der Waals surface area (Å²) in [6.07, 6.45) is -4.76. The minimum absolute atomic E-state index is 0.269. The maximum atomic E-state index is 12.6. The lowest BCUT2D eigenvalue weighted by Gasteiger charge is -2.16. The van der Waals surface area contributed by atoms with Gasteiger partial charge in [-0.2, -0.15) is 0 Å². The van der Waals surface area contributed by atoms with Gasteiger partial charge in [-0.3, -0.25) is 0 Å². The highest BCUT2D eigenvalue weighted by molar-refractivity contribution is 5.74. The Labute approximate surface area is 138 Å². The van der Waals surface area contributed by atoms with Gasteiger partial charge in [0.1, 0.15) is 18.1 Å². The van der Waals surface area contributed by atoms with Crippen molar-refractivity contribution in [3.8, 4) is 22.6 Å². The van der Waals surface area contributed by atoms with Gasteiger partial charge in [0.15, 0.2) is 0 Å². The van der Waals surface area contributed by atoms with Crippen molar-refractivity contribution >= 4 is 5.69 Å². The highest BCUT2D eigenvalue weighted by Crippen LogP contribution is 2.36. The average Bonchev–Trinajstić information content (AvgIpc) is 2.48. The minimum atomic E-state index is -4.76. The van der Waals surface area contributed by atoms with Gasteiger partial charge in [-0.15, -0.1) is 13.2 Å². The molecular weight excluding hydrogens is 321 g/mol. The molecule has 2 rings (SSSR count). The number of alkyl halides is 3. The van der Waals surface area contributed by atoms with Gasteiger partial charge < -0.3 is 20.1 Å². The number of para-hydroxylation sites is 1. The van der Waals surface area contributed by atoms with E-state index in [1.807, 2.05) is 19.0 Å². The standard InChI is InChI=1S/C17H19F3N2O2/c1-22(2)9-10-23-16-11-12(7-8-14(16)21)13-5-3-4-6-15(13)24-17(18,19)20/h3-8,11H,9-10,21H2,1-2H3. The fourth-order valence-electron chi connectivity index (χ4n) is 2.08. The maximum Gasteiger partial charge on any atom is 0.573 e. The summed E-state index contributed by atoms with van der Waals surface area (Å²) >= 11 is 0. The molecular formula is C17H19F3N2O2. The molecule has 0 amide bonds. The van der Waals surface area contributed by atoms with Gasteiger partial charge in [0.05, 0.1) is 5.69 Å². The lowest BCUT2D eigenvalue weighted by Crippen LogP contribution is -2.19. The van der Waals surface area contributed by atoms with Crippen molar-refractivity contribution in [1.82, 2.24) is 4.90 Å². The Morgan fingerprint density at radius 1 is 1.04 bits per heavy atom. The first-order valence-electron chi connectivity index (χ1n) is 7.28. The highest BCUT2D eigenvalue weighted by Gasteiger charge is 2.32. The summed E-state index contributed by atoms with van der Waals surface area (Å²) in [7, 11) is 3.82. The molecule has 0 saturated carbocycles. The zero-order chi connectivity index (χ0) is 17.7. The molecule has 0 radical (unpaired) electrons. The van der Waals surface area contributed by atoms with E-state index >= 15 is 0 Å². The van der Waals surface area contributed by atoms with Gasteiger partial charge >= 0.3 is 6.36 Å². The number of nitrogens with two attached hydrogens (primary N) is 1. The molecule has 2 aromatic rings. The molecule has 0 bridgehead atoms. The number of halogens is 3. The molecule has 0 aliphatic rings. The van der Waals surface area contributed by atoms with Gasteiger partial charge in [0, 0.05) is 12.1 Å². The number of benzene rings is 2. The number of hydrogen-bond donors (Lipinski definition) is 1. The normalized spacial score (nSPS) is 11.6. The number of ether oxygens (including phenoxy) is 2. The van der Waals surface area contributed by atoms with Gasteiger partial charge in [0.2, 0.25) is 0 Å². The van der Waals surface area contributed by atoms with Crippen molar-refractivity contribution in [2.75, 3.05) is 33.0 Å². The van der Waals surface area contributed by atoms with Crippen LogP contribution in [-0.4, -0.2) is 38.5 Å². The molecule has 0 saturated heterocycles. The second-order valence-electron chi connectivity index (χ2n) is 5.45. The summed E-state index contributed by atoms with van der Waals surface area (Å²) in [5.74, 6) is 0.158. The van der Waals surface area contributed by atoms with Crippen LogP contribution in [0, 0.1) is 0 Å². The third kappa shape index (κ3) is 5.06. The summed E-state index contributed by atoms with van der Waals surface area (Å²) in [4.78, 5) is 1.95. The first-order valence-corrected chi connectivity index (χ1v) is 7.28. The second kappa shape index (κ2) is 7.44. The molecule has 0 unspecified atom stereocenters. The van der Waals surface area contributed by atoms with Gasteiger partial charge in [-0.1, -0.05) is 24.3 Å². The van der Waals surface area contributed by atoms with E-state index in [9.17, 15) is 13.2 Å². The van der Waals surface area contributed by atoms with Crippen molar-refractivity contribution in [2.45, 2.75) is 6.36 Å². The Bertz CT molecular complexity index is 688. The fraction of sp³-hybridized carbons (Fsp3) is 0.294. The van der Waals surface area contributed by atoms with Crippen molar-refractivity contribution < 1.29 is 22.6 Å². The number of anilines is 1. The first kappa shape index (κ1) is 17.9. The summed E-state index contributed by atoms with van der Waals surface area (Å²) in [5.41, 5.74) is 7.14. The molecule has 0 fully saturated rings. The van der Waals surface area contributed by atoms with Crippen LogP contribution in [0.25, 0.3) is 11.1 Å². The molecule has 130 valence electrons. The van der Waals surface area contributed by atoms with Crippen LogP contribution < -0.4 is 15.2 Å². The minimum Gasteiger partial charge on any atom is -0.490 e. The number of rotatable bonds is 6. The summed E-state index contributed by atoms with van der Waals surface area (Å²) < 4.78 is 47.4. The number of nitrogens with zero attached hydrogens (tertiary/aromatic N) is 1. The molecule has 7 heteroatoms. The van der Waals surface area contributed by atoms with Gasteiger partial charge in [-0.25, -0.2) is 0 Å². The predicted molar refractivity (Wildman–Crippen MR) is 87.0 cm³/mol. The molecule has 0 aromatic heterocycles. The van der Waals surface area contributed by atoms with E-state index in [1.54, 1.807) is 30.3 Å². The SMILES string of the molecule is CN(C)CCOc1cc(-c2ccccc2OC(F)(F)F)ccc1N. The molecule has 0 atom stereocenters. The van der Waals surface area contributed by atoms with Crippen molar-refractivity contribution in [2.24, 2.45) is 0 Å². The van der Waals surface area contributed by atoms with Crippen LogP contribution in [0.3, 0.4) is 0 Å². The predicted octanol–water partition coefficient (Wildman–Crippen LogP) is 3.77. The monoisotopic (exact) mass is 340 g/mol. The summed E-state index contributed by atoms with van der Waals surface area (Å²) in [6.45, 7) is 1.11. The van der Waals surface area contributed by atoms with Crippen LogP contribution in [-0.2, 0) is 0 Å². The van der Waals surface area contributed by atoms with E-state index in [0.29, 0.717) is 35.7 Å². The molecule has 2 aromatic carbocycles. The van der Waals surface area contributed by atoms with E-state index in [0.717, 1.165) is 0 Å². The maximum absolute atomic E-state index is 12.6. The zero-order valence-corrected chi connectivity index (χ0v) is 13.4. The van der Waals surface area contributed by atoms with E-state index < -0.39 is 6.36 Å². The second-order valence-corrected chi connectivity index (χ2v) is 5.45. The van der Waals surface area contributed by atoms with Crippen LogP contribution in [0.5, 0.6) is 11.5 Å². The third-order valence-electron chi connectivity index (χ3n) is 3.23. The third-order valence-corrected chi connectivity index (χ3v) is 3.23. The van der Waals surface area contributed by atoms with E-state index in [2.05, 4.69) is 4.74 Å². The Kier molecular flexibility index (Phi) is 5.56. The van der Waals surface area contributed by atoms with Gasteiger partial charge in [-0.05, 0) is 37.9 Å². The average molecular weight is 340 g/mol. The van der Waals surface area contributed by atoms with E-state index in [-0.39, 0.29) is 5.75 Å². The molecule has 0 aliphatic carbocycles. The van der Waals surface area contributed by atoms with Gasteiger partial charge in [0.25, 0.3) is 0 Å². The largest absolute Gasteiger partial charge is 0.573 e. The van der Waals surface area contributed by atoms with Crippen LogP contribution in [0.1, 0.15) is 0 Å². The number of nitrogen functional groups attached to an aromatic ring is 1. The van der Waals surface area contributed by atoms with E-state index in [1.165, 1.54) is 12.1 Å². The van der Waals surface area contributed by atoms with E-state index in [4.69, 9.17) is 10.5 Å². The van der Waals surface area contributed by atoms with Crippen LogP contribution in [0.2, 0.25) is 0 Å². The topological polar surface area (TPSA) is 47.7 Å². The first-order chi connectivity index (χ1) is 11.3. The molecule has 2 N–H and O–H groups in total.